The van der Waals surface area contributed by atoms with Crippen LogP contribution in [0.5, 0.6) is 0 Å². The van der Waals surface area contributed by atoms with E-state index < -0.39 is 5.60 Å². The van der Waals surface area contributed by atoms with Gasteiger partial charge in [-0.3, -0.25) is 4.99 Å². The molecule has 1 aromatic rings. The molecule has 2 fully saturated rings. The first-order chi connectivity index (χ1) is 15.4. The Hall–Kier alpha value is -1.55. The molecule has 1 aliphatic carbocycles. The molecule has 2 N–H and O–H groups in total. The molecule has 8 heteroatoms. The molecule has 1 heterocycles. The molecule has 1 saturated heterocycles. The second kappa shape index (κ2) is 13.4. The smallest absolute Gasteiger partial charge is 0.407 e. The minimum atomic E-state index is -0.467. The lowest BCUT2D eigenvalue weighted by Gasteiger charge is -2.34. The Bertz CT molecular complexity index is 746. The quantitative estimate of drug-likeness (QED) is 0.208. The van der Waals surface area contributed by atoms with E-state index >= 15 is 0 Å². The van der Waals surface area contributed by atoms with Gasteiger partial charge in [-0.05, 0) is 58.9 Å². The molecule has 1 amide bonds. The maximum absolute atomic E-state index is 11.7. The molecule has 3 rings (SSSR count). The number of carbonyl (C=O) groups is 1. The van der Waals surface area contributed by atoms with Gasteiger partial charge in [-0.1, -0.05) is 30.3 Å². The fraction of sp³-hybridized carbons (Fsp3) is 0.680. The van der Waals surface area contributed by atoms with Crippen LogP contribution in [0.2, 0.25) is 0 Å². The first-order valence-electron chi connectivity index (χ1n) is 12.0. The molecule has 1 saturated carbocycles. The molecule has 2 atom stereocenters. The summed E-state index contributed by atoms with van der Waals surface area (Å²) in [5, 5.41) is 6.47. The van der Waals surface area contributed by atoms with Crippen molar-refractivity contribution in [2.24, 2.45) is 4.99 Å². The van der Waals surface area contributed by atoms with Crippen LogP contribution < -0.4 is 10.6 Å². The van der Waals surface area contributed by atoms with Crippen LogP contribution in [0.25, 0.3) is 0 Å². The van der Waals surface area contributed by atoms with Crippen molar-refractivity contribution >= 4 is 36.0 Å². The maximum Gasteiger partial charge on any atom is 0.407 e. The lowest BCUT2D eigenvalue weighted by Crippen LogP contribution is -2.48. The predicted molar refractivity (Wildman–Crippen MR) is 144 cm³/mol. The lowest BCUT2D eigenvalue weighted by atomic mass is 10.1. The minimum absolute atomic E-state index is 0. The number of likely N-dealkylation sites (tertiary alicyclic amines) is 1. The molecule has 0 bridgehead atoms. The van der Waals surface area contributed by atoms with E-state index in [0.29, 0.717) is 25.1 Å². The largest absolute Gasteiger partial charge is 0.444 e. The van der Waals surface area contributed by atoms with Crippen molar-refractivity contribution in [1.29, 1.82) is 0 Å². The second-order valence-electron chi connectivity index (χ2n) is 9.64. The van der Waals surface area contributed by atoms with Gasteiger partial charge in [-0.2, -0.15) is 0 Å². The molecule has 1 aromatic carbocycles. The fourth-order valence-corrected chi connectivity index (χ4v) is 4.04. The van der Waals surface area contributed by atoms with Crippen molar-refractivity contribution in [1.82, 2.24) is 15.5 Å². The standard InChI is InChI=1S/C25H40N4O3.HI/c1-5-26-23(28-22-18-21(22)19-10-7-6-8-11-19)29-15-12-20(13-16-29)31-17-9-14-27-24(30)32-25(2,3)4;/h6-8,10-11,20-22H,5,9,12-18H2,1-4H3,(H,26,28)(H,27,30);1H. The van der Waals surface area contributed by atoms with Crippen molar-refractivity contribution in [3.05, 3.63) is 35.9 Å². The van der Waals surface area contributed by atoms with E-state index in [-0.39, 0.29) is 36.2 Å². The Morgan fingerprint density at radius 3 is 2.52 bits per heavy atom. The van der Waals surface area contributed by atoms with Crippen molar-refractivity contribution in [3.8, 4) is 0 Å². The average molecular weight is 573 g/mol. The van der Waals surface area contributed by atoms with Crippen LogP contribution in [0, 0.1) is 0 Å². The van der Waals surface area contributed by atoms with Crippen LogP contribution in [-0.4, -0.2) is 67.5 Å². The molecule has 2 aliphatic rings. The number of halogens is 1. The van der Waals surface area contributed by atoms with E-state index in [9.17, 15) is 4.79 Å². The molecule has 0 spiro atoms. The SMILES string of the molecule is CCN=C(NC1CC1c1ccccc1)N1CCC(OCCCNC(=O)OC(C)(C)C)CC1.I. The third-order valence-corrected chi connectivity index (χ3v) is 5.72. The van der Waals surface area contributed by atoms with Gasteiger partial charge in [0.2, 0.25) is 0 Å². The topological polar surface area (TPSA) is 75.2 Å². The number of benzene rings is 1. The summed E-state index contributed by atoms with van der Waals surface area (Å²) >= 11 is 0. The Labute approximate surface area is 216 Å². The zero-order chi connectivity index (χ0) is 23.0. The highest BCUT2D eigenvalue weighted by atomic mass is 127. The summed E-state index contributed by atoms with van der Waals surface area (Å²) < 4.78 is 11.3. The van der Waals surface area contributed by atoms with Crippen LogP contribution in [0.3, 0.4) is 0 Å². The molecule has 33 heavy (non-hydrogen) atoms. The fourth-order valence-electron chi connectivity index (χ4n) is 4.04. The van der Waals surface area contributed by atoms with Crippen LogP contribution in [0.4, 0.5) is 4.79 Å². The zero-order valence-electron chi connectivity index (χ0n) is 20.5. The molecular weight excluding hydrogens is 531 g/mol. The van der Waals surface area contributed by atoms with Gasteiger partial charge >= 0.3 is 6.09 Å². The van der Waals surface area contributed by atoms with Crippen LogP contribution in [0.15, 0.2) is 35.3 Å². The van der Waals surface area contributed by atoms with E-state index in [4.69, 9.17) is 14.5 Å². The summed E-state index contributed by atoms with van der Waals surface area (Å²) in [5.74, 6) is 1.63. The highest BCUT2D eigenvalue weighted by Crippen LogP contribution is 2.40. The number of nitrogens with one attached hydrogen (secondary N) is 2. The van der Waals surface area contributed by atoms with Gasteiger partial charge in [0.05, 0.1) is 6.10 Å². The van der Waals surface area contributed by atoms with Crippen LogP contribution in [0.1, 0.15) is 64.9 Å². The number of hydrogen-bond acceptors (Lipinski definition) is 4. The number of ether oxygens (including phenoxy) is 2. The summed E-state index contributed by atoms with van der Waals surface area (Å²) in [6.07, 6.45) is 3.85. The highest BCUT2D eigenvalue weighted by Gasteiger charge is 2.39. The zero-order valence-corrected chi connectivity index (χ0v) is 22.8. The summed E-state index contributed by atoms with van der Waals surface area (Å²) in [7, 11) is 0. The number of hydrogen-bond donors (Lipinski definition) is 2. The summed E-state index contributed by atoms with van der Waals surface area (Å²) in [4.78, 5) is 18.8. The Morgan fingerprint density at radius 2 is 1.88 bits per heavy atom. The van der Waals surface area contributed by atoms with Gasteiger partial charge in [-0.15, -0.1) is 24.0 Å². The van der Waals surface area contributed by atoms with Gasteiger partial charge in [0.25, 0.3) is 0 Å². The maximum atomic E-state index is 11.7. The third kappa shape index (κ3) is 9.68. The second-order valence-corrected chi connectivity index (χ2v) is 9.64. The number of rotatable bonds is 8. The molecule has 186 valence electrons. The predicted octanol–water partition coefficient (Wildman–Crippen LogP) is 4.52. The van der Waals surface area contributed by atoms with Gasteiger partial charge in [0, 0.05) is 44.7 Å². The van der Waals surface area contributed by atoms with Gasteiger partial charge < -0.3 is 25.0 Å². The number of alkyl carbamates (subject to hydrolysis) is 1. The van der Waals surface area contributed by atoms with Gasteiger partial charge in [0.15, 0.2) is 5.96 Å². The molecular formula is C25H41IN4O3. The Kier molecular flexibility index (Phi) is 11.2. The van der Waals surface area contributed by atoms with Crippen LogP contribution in [-0.2, 0) is 9.47 Å². The number of carbonyl (C=O) groups excluding carboxylic acids is 1. The normalized spacial score (nSPS) is 21.2. The monoisotopic (exact) mass is 572 g/mol. The Morgan fingerprint density at radius 1 is 1.18 bits per heavy atom. The summed E-state index contributed by atoms with van der Waals surface area (Å²) in [5.41, 5.74) is 0.944. The molecule has 0 radical (unpaired) electrons. The van der Waals surface area contributed by atoms with Crippen molar-refractivity contribution in [3.63, 3.8) is 0 Å². The first kappa shape index (κ1) is 27.7. The third-order valence-electron chi connectivity index (χ3n) is 5.72. The summed E-state index contributed by atoms with van der Waals surface area (Å²) in [6.45, 7) is 11.6. The molecule has 2 unspecified atom stereocenters. The summed E-state index contributed by atoms with van der Waals surface area (Å²) in [6, 6.07) is 11.2. The van der Waals surface area contributed by atoms with Crippen molar-refractivity contribution < 1.29 is 14.3 Å². The average Bonchev–Trinajstić information content (AvgIpc) is 3.52. The number of aliphatic imine (C=N–C) groups is 1. The van der Waals surface area contributed by atoms with Crippen molar-refractivity contribution in [2.75, 3.05) is 32.8 Å². The molecule has 1 aliphatic heterocycles. The van der Waals surface area contributed by atoms with Crippen LogP contribution >= 0.6 is 24.0 Å². The Balaban J connectivity index is 0.00000385. The number of nitrogens with zero attached hydrogens (tertiary/aromatic N) is 2. The first-order valence-corrected chi connectivity index (χ1v) is 12.0. The van der Waals surface area contributed by atoms with Gasteiger partial charge in [0.1, 0.15) is 5.60 Å². The number of amides is 1. The van der Waals surface area contributed by atoms with E-state index in [1.54, 1.807) is 0 Å². The van der Waals surface area contributed by atoms with Gasteiger partial charge in [-0.25, -0.2) is 4.79 Å². The highest BCUT2D eigenvalue weighted by molar-refractivity contribution is 14.0. The number of guanidine groups is 1. The van der Waals surface area contributed by atoms with E-state index in [2.05, 4.69) is 52.8 Å². The van der Waals surface area contributed by atoms with E-state index in [1.165, 1.54) is 12.0 Å². The van der Waals surface area contributed by atoms with E-state index in [0.717, 1.165) is 44.9 Å². The molecule has 7 nitrogen and oxygen atoms in total. The number of piperidine rings is 1. The van der Waals surface area contributed by atoms with E-state index in [1.807, 2.05) is 20.8 Å². The minimum Gasteiger partial charge on any atom is -0.444 e. The van der Waals surface area contributed by atoms with Crippen molar-refractivity contribution in [2.45, 2.75) is 77.0 Å². The lowest BCUT2D eigenvalue weighted by molar-refractivity contribution is 0.0170. The molecule has 0 aromatic heterocycles.